The Hall–Kier alpha value is -0.440. The van der Waals surface area contributed by atoms with E-state index in [-0.39, 0.29) is 15.0 Å². The number of aromatic nitrogens is 1. The number of hydrogen-bond donors (Lipinski definition) is 1. The molecule has 1 aromatic heterocycles. The predicted octanol–water partition coefficient (Wildman–Crippen LogP) is 2.62. The van der Waals surface area contributed by atoms with Gasteiger partial charge in [-0.1, -0.05) is 0 Å². The molecule has 0 aromatic carbocycles. The fourth-order valence-corrected chi connectivity index (χ4v) is 2.03. The average molecular weight is 353 g/mol. The molecule has 0 bridgehead atoms. The molecule has 0 aliphatic carbocycles. The van der Waals surface area contributed by atoms with Gasteiger partial charge in [0.15, 0.2) is 5.75 Å². The summed E-state index contributed by atoms with van der Waals surface area (Å²) in [5.74, 6) is -0.638. The van der Waals surface area contributed by atoms with E-state index in [1.165, 1.54) is 0 Å². The van der Waals surface area contributed by atoms with Crippen LogP contribution in [-0.2, 0) is 5.88 Å². The summed E-state index contributed by atoms with van der Waals surface area (Å²) in [4.78, 5) is 13.2. The van der Waals surface area contributed by atoms with Crippen LogP contribution in [0.4, 0.5) is 13.2 Å². The summed E-state index contributed by atoms with van der Waals surface area (Å²) in [6.45, 7) is 0. The van der Waals surface area contributed by atoms with Crippen LogP contribution in [0.1, 0.15) is 5.56 Å². The normalized spacial score (nSPS) is 11.5. The van der Waals surface area contributed by atoms with E-state index in [2.05, 4.69) is 9.72 Å². The minimum atomic E-state index is -4.79. The summed E-state index contributed by atoms with van der Waals surface area (Å²) in [6, 6.07) is 0. The first-order chi connectivity index (χ1) is 6.85. The Morgan fingerprint density at radius 2 is 2.13 bits per heavy atom. The van der Waals surface area contributed by atoms with Gasteiger partial charge in [-0.05, 0) is 22.6 Å². The predicted molar refractivity (Wildman–Crippen MR) is 56.0 cm³/mol. The zero-order valence-corrected chi connectivity index (χ0v) is 9.90. The molecule has 0 amide bonds. The Morgan fingerprint density at radius 3 is 2.60 bits per heavy atom. The molecule has 0 unspecified atom stereocenters. The van der Waals surface area contributed by atoms with Crippen molar-refractivity contribution in [3.63, 3.8) is 0 Å². The van der Waals surface area contributed by atoms with Crippen LogP contribution in [0.5, 0.6) is 5.75 Å². The lowest BCUT2D eigenvalue weighted by Gasteiger charge is -2.11. The maximum atomic E-state index is 11.9. The maximum absolute atomic E-state index is 11.9. The quantitative estimate of drug-likeness (QED) is 0.656. The number of aromatic amines is 1. The molecule has 84 valence electrons. The van der Waals surface area contributed by atoms with Crippen LogP contribution >= 0.6 is 34.2 Å². The highest BCUT2D eigenvalue weighted by Crippen LogP contribution is 2.27. The second kappa shape index (κ2) is 4.60. The zero-order chi connectivity index (χ0) is 11.6. The Balaban J connectivity index is 3.17. The van der Waals surface area contributed by atoms with Gasteiger partial charge in [-0.15, -0.1) is 24.8 Å². The van der Waals surface area contributed by atoms with E-state index in [4.69, 9.17) is 11.6 Å². The number of pyridine rings is 1. The molecule has 0 saturated heterocycles. The number of hydrogen-bond acceptors (Lipinski definition) is 2. The molecule has 1 aromatic rings. The number of nitrogens with one attached hydrogen (secondary N) is 1. The van der Waals surface area contributed by atoms with Crippen molar-refractivity contribution < 1.29 is 17.9 Å². The lowest BCUT2D eigenvalue weighted by Crippen LogP contribution is -2.21. The smallest absolute Gasteiger partial charge is 0.403 e. The summed E-state index contributed by atoms with van der Waals surface area (Å²) in [7, 11) is 0. The van der Waals surface area contributed by atoms with Gasteiger partial charge in [0.1, 0.15) is 0 Å². The largest absolute Gasteiger partial charge is 0.573 e. The summed E-state index contributed by atoms with van der Waals surface area (Å²) in [5.41, 5.74) is -0.469. The molecule has 0 aliphatic rings. The van der Waals surface area contributed by atoms with E-state index in [0.717, 1.165) is 6.20 Å². The first kappa shape index (κ1) is 12.6. The number of halogens is 5. The SMILES string of the molecule is O=c1[nH]cc(OC(F)(F)F)c(I)c1CCl. The maximum Gasteiger partial charge on any atom is 0.573 e. The van der Waals surface area contributed by atoms with E-state index in [1.54, 1.807) is 22.6 Å². The summed E-state index contributed by atoms with van der Waals surface area (Å²) in [5, 5.41) is 0. The van der Waals surface area contributed by atoms with Gasteiger partial charge in [0.05, 0.1) is 9.45 Å². The first-order valence-electron chi connectivity index (χ1n) is 3.57. The monoisotopic (exact) mass is 353 g/mol. The summed E-state index contributed by atoms with van der Waals surface area (Å²) >= 11 is 7.00. The Bertz CT molecular complexity index is 418. The van der Waals surface area contributed by atoms with Crippen molar-refractivity contribution in [3.8, 4) is 5.75 Å². The number of rotatable bonds is 2. The van der Waals surface area contributed by atoms with E-state index >= 15 is 0 Å². The van der Waals surface area contributed by atoms with Crippen molar-refractivity contribution in [3.05, 3.63) is 25.7 Å². The first-order valence-corrected chi connectivity index (χ1v) is 5.18. The summed E-state index contributed by atoms with van der Waals surface area (Å²) < 4.78 is 39.5. The molecule has 15 heavy (non-hydrogen) atoms. The molecule has 1 heterocycles. The zero-order valence-electron chi connectivity index (χ0n) is 6.99. The van der Waals surface area contributed by atoms with Crippen LogP contribution < -0.4 is 10.3 Å². The van der Waals surface area contributed by atoms with Crippen molar-refractivity contribution in [2.24, 2.45) is 0 Å². The van der Waals surface area contributed by atoms with Crippen molar-refractivity contribution in [1.82, 2.24) is 4.98 Å². The van der Waals surface area contributed by atoms with Gasteiger partial charge >= 0.3 is 6.36 Å². The third-order valence-corrected chi connectivity index (χ3v) is 2.90. The molecule has 0 aliphatic heterocycles. The number of ether oxygens (including phenoxy) is 1. The van der Waals surface area contributed by atoms with Gasteiger partial charge in [-0.3, -0.25) is 4.79 Å². The lowest BCUT2D eigenvalue weighted by molar-refractivity contribution is -0.275. The van der Waals surface area contributed by atoms with Crippen LogP contribution in [-0.4, -0.2) is 11.3 Å². The molecule has 0 spiro atoms. The molecule has 3 nitrogen and oxygen atoms in total. The molecular formula is C7H4ClF3INO2. The Kier molecular flexibility index (Phi) is 3.87. The lowest BCUT2D eigenvalue weighted by atomic mass is 10.3. The second-order valence-corrected chi connectivity index (χ2v) is 3.80. The minimum absolute atomic E-state index is 0.0546. The van der Waals surface area contributed by atoms with Gasteiger partial charge < -0.3 is 9.72 Å². The van der Waals surface area contributed by atoms with Crippen molar-refractivity contribution in [2.75, 3.05) is 0 Å². The molecule has 8 heteroatoms. The average Bonchev–Trinajstić information content (AvgIpc) is 2.09. The van der Waals surface area contributed by atoms with Crippen molar-refractivity contribution in [1.29, 1.82) is 0 Å². The van der Waals surface area contributed by atoms with E-state index < -0.39 is 17.7 Å². The van der Waals surface area contributed by atoms with Crippen LogP contribution in [0.25, 0.3) is 0 Å². The molecule has 0 saturated carbocycles. The standard InChI is InChI=1S/C7H4ClF3INO2/c8-1-3-5(12)4(2-13-6(3)14)15-7(9,10)11/h2H,1H2,(H,13,14). The van der Waals surface area contributed by atoms with Crippen LogP contribution in [0.15, 0.2) is 11.0 Å². The molecule has 0 radical (unpaired) electrons. The Morgan fingerprint density at radius 1 is 1.53 bits per heavy atom. The highest BCUT2D eigenvalue weighted by atomic mass is 127. The second-order valence-electron chi connectivity index (χ2n) is 2.46. The Labute approximate surface area is 101 Å². The fourth-order valence-electron chi connectivity index (χ4n) is 0.848. The molecule has 0 fully saturated rings. The van der Waals surface area contributed by atoms with Crippen LogP contribution in [0.2, 0.25) is 0 Å². The van der Waals surface area contributed by atoms with Gasteiger partial charge in [0.25, 0.3) is 5.56 Å². The van der Waals surface area contributed by atoms with Gasteiger partial charge in [0, 0.05) is 11.8 Å². The van der Waals surface area contributed by atoms with E-state index in [0.29, 0.717) is 0 Å². The van der Waals surface area contributed by atoms with Crippen molar-refractivity contribution in [2.45, 2.75) is 12.2 Å². The van der Waals surface area contributed by atoms with Gasteiger partial charge in [-0.25, -0.2) is 0 Å². The third-order valence-electron chi connectivity index (χ3n) is 1.45. The van der Waals surface area contributed by atoms with Gasteiger partial charge in [-0.2, -0.15) is 0 Å². The number of H-pyrrole nitrogens is 1. The molecule has 1 rings (SSSR count). The van der Waals surface area contributed by atoms with Crippen LogP contribution in [0, 0.1) is 3.57 Å². The molecule has 0 atom stereocenters. The minimum Gasteiger partial charge on any atom is -0.403 e. The number of alkyl halides is 4. The van der Waals surface area contributed by atoms with Crippen LogP contribution in [0.3, 0.4) is 0 Å². The molecular weight excluding hydrogens is 349 g/mol. The molecule has 1 N–H and O–H groups in total. The summed E-state index contributed by atoms with van der Waals surface area (Å²) in [6.07, 6.45) is -3.94. The fraction of sp³-hybridized carbons (Fsp3) is 0.286. The highest BCUT2D eigenvalue weighted by molar-refractivity contribution is 14.1. The van der Waals surface area contributed by atoms with E-state index in [9.17, 15) is 18.0 Å². The third kappa shape index (κ3) is 3.26. The highest BCUT2D eigenvalue weighted by Gasteiger charge is 2.32. The topological polar surface area (TPSA) is 42.1 Å². The van der Waals surface area contributed by atoms with Crippen molar-refractivity contribution >= 4 is 34.2 Å². The van der Waals surface area contributed by atoms with E-state index in [1.807, 2.05) is 0 Å². The van der Waals surface area contributed by atoms with Gasteiger partial charge in [0.2, 0.25) is 0 Å².